The lowest BCUT2D eigenvalue weighted by Gasteiger charge is -2.13. The molecule has 0 saturated carbocycles. The topological polar surface area (TPSA) is 88.8 Å². The molecule has 1 aliphatic rings. The fourth-order valence-electron chi connectivity index (χ4n) is 3.15. The molecule has 0 bridgehead atoms. The van der Waals surface area contributed by atoms with Gasteiger partial charge >= 0.3 is 0 Å². The molecule has 4 rings (SSSR count). The minimum atomic E-state index is -0.701. The Morgan fingerprint density at radius 1 is 1.23 bits per heavy atom. The van der Waals surface area contributed by atoms with Gasteiger partial charge in [-0.05, 0) is 42.3 Å². The fourth-order valence-corrected chi connectivity index (χ4v) is 3.32. The van der Waals surface area contributed by atoms with Crippen LogP contribution in [-0.4, -0.2) is 18.1 Å². The second-order valence-corrected chi connectivity index (χ2v) is 6.52. The number of nitrogens with one attached hydrogen (secondary N) is 1. The molecule has 2 heterocycles. The van der Waals surface area contributed by atoms with Crippen LogP contribution in [0.3, 0.4) is 0 Å². The first-order valence-corrected chi connectivity index (χ1v) is 8.23. The summed E-state index contributed by atoms with van der Waals surface area (Å²) < 4.78 is 10.8. The maximum atomic E-state index is 13.0. The van der Waals surface area contributed by atoms with E-state index >= 15 is 0 Å². The van der Waals surface area contributed by atoms with Crippen LogP contribution in [0.25, 0.3) is 11.0 Å². The first-order chi connectivity index (χ1) is 12.4. The lowest BCUT2D eigenvalue weighted by Crippen LogP contribution is -2.22. The van der Waals surface area contributed by atoms with Gasteiger partial charge in [0.25, 0.3) is 5.91 Å². The summed E-state index contributed by atoms with van der Waals surface area (Å²) in [5.74, 6) is -0.271. The molecule has 7 heteroatoms. The van der Waals surface area contributed by atoms with E-state index in [1.54, 1.807) is 31.2 Å². The maximum absolute atomic E-state index is 13.0. The molecule has 0 aliphatic carbocycles. The molecule has 0 spiro atoms. The van der Waals surface area contributed by atoms with Gasteiger partial charge in [0.1, 0.15) is 5.58 Å². The summed E-state index contributed by atoms with van der Waals surface area (Å²) in [6, 6.07) is 7.12. The van der Waals surface area contributed by atoms with E-state index in [0.717, 1.165) is 5.56 Å². The minimum Gasteiger partial charge on any atom is -0.504 e. The molecule has 3 aromatic rings. The van der Waals surface area contributed by atoms with Crippen LogP contribution in [-0.2, 0) is 0 Å². The van der Waals surface area contributed by atoms with E-state index in [2.05, 4.69) is 5.32 Å². The summed E-state index contributed by atoms with van der Waals surface area (Å²) in [5, 5.41) is 13.3. The third-order valence-corrected chi connectivity index (χ3v) is 4.92. The van der Waals surface area contributed by atoms with Crippen molar-refractivity contribution in [2.75, 3.05) is 7.11 Å². The van der Waals surface area contributed by atoms with E-state index in [4.69, 9.17) is 20.8 Å². The number of phenolic OH excluding ortho intramolecular Hbond substituents is 1. The highest BCUT2D eigenvalue weighted by atomic mass is 35.5. The average molecular weight is 372 g/mol. The summed E-state index contributed by atoms with van der Waals surface area (Å²) in [5.41, 5.74) is 1.56. The van der Waals surface area contributed by atoms with Gasteiger partial charge in [-0.15, -0.1) is 0 Å². The summed E-state index contributed by atoms with van der Waals surface area (Å²) in [6.07, 6.45) is 0. The van der Waals surface area contributed by atoms with Crippen molar-refractivity contribution in [3.8, 4) is 11.5 Å². The molecule has 132 valence electrons. The highest BCUT2D eigenvalue weighted by Crippen LogP contribution is 2.35. The number of rotatable bonds is 2. The SMILES string of the molecule is COc1cc(C2NC(=O)c3oc4cc(C)c(Cl)cc4c(=O)c32)ccc1O. The normalized spacial score (nSPS) is 15.8. The summed E-state index contributed by atoms with van der Waals surface area (Å²) in [6.45, 7) is 1.79. The van der Waals surface area contributed by atoms with Gasteiger partial charge < -0.3 is 19.6 Å². The number of aromatic hydroxyl groups is 1. The van der Waals surface area contributed by atoms with Gasteiger partial charge in [-0.25, -0.2) is 0 Å². The number of carbonyl (C=O) groups is 1. The zero-order valence-corrected chi connectivity index (χ0v) is 14.7. The maximum Gasteiger partial charge on any atom is 0.288 e. The largest absolute Gasteiger partial charge is 0.504 e. The Labute approximate surface area is 153 Å². The van der Waals surface area contributed by atoms with Crippen molar-refractivity contribution in [2.45, 2.75) is 13.0 Å². The zero-order valence-electron chi connectivity index (χ0n) is 13.9. The molecule has 1 atom stereocenters. The second-order valence-electron chi connectivity index (χ2n) is 6.11. The number of halogens is 1. The fraction of sp³-hybridized carbons (Fsp3) is 0.158. The molecular formula is C19H14ClNO5. The lowest BCUT2D eigenvalue weighted by atomic mass is 9.98. The number of fused-ring (bicyclic) bond motifs is 2. The molecule has 6 nitrogen and oxygen atoms in total. The van der Waals surface area contributed by atoms with E-state index in [9.17, 15) is 14.7 Å². The molecular weight excluding hydrogens is 358 g/mol. The highest BCUT2D eigenvalue weighted by Gasteiger charge is 2.36. The molecule has 0 radical (unpaired) electrons. The second kappa shape index (κ2) is 5.78. The standard InChI is InChI=1S/C19H14ClNO5/c1-8-5-13-10(7-11(8)20)17(23)15-16(21-19(24)18(15)26-13)9-3-4-12(22)14(6-9)25-2/h3-7,16,22H,1-2H3,(H,21,24). The van der Waals surface area contributed by atoms with Gasteiger partial charge in [0, 0.05) is 5.02 Å². The van der Waals surface area contributed by atoms with Crippen LogP contribution >= 0.6 is 11.6 Å². The Balaban J connectivity index is 1.97. The van der Waals surface area contributed by atoms with Crippen molar-refractivity contribution in [1.29, 1.82) is 0 Å². The van der Waals surface area contributed by atoms with Crippen LogP contribution in [0.5, 0.6) is 11.5 Å². The van der Waals surface area contributed by atoms with Gasteiger partial charge in [0.2, 0.25) is 5.76 Å². The zero-order chi connectivity index (χ0) is 18.6. The molecule has 2 aromatic carbocycles. The number of carbonyl (C=O) groups excluding carboxylic acids is 1. The van der Waals surface area contributed by atoms with Crippen LogP contribution in [0.2, 0.25) is 5.02 Å². The minimum absolute atomic E-state index is 0.0127. The van der Waals surface area contributed by atoms with Gasteiger partial charge in [0.15, 0.2) is 16.9 Å². The van der Waals surface area contributed by atoms with Crippen LogP contribution in [0, 0.1) is 6.92 Å². The number of methoxy groups -OCH3 is 1. The van der Waals surface area contributed by atoms with Gasteiger partial charge in [0.05, 0.1) is 24.1 Å². The Hall–Kier alpha value is -2.99. The van der Waals surface area contributed by atoms with Crippen LogP contribution in [0.4, 0.5) is 0 Å². The van der Waals surface area contributed by atoms with Crippen molar-refractivity contribution < 1.29 is 19.1 Å². The third-order valence-electron chi connectivity index (χ3n) is 4.51. The summed E-state index contributed by atoms with van der Waals surface area (Å²) in [4.78, 5) is 25.4. The van der Waals surface area contributed by atoms with Crippen molar-refractivity contribution in [3.05, 3.63) is 68.0 Å². The Bertz CT molecular complexity index is 1130. The lowest BCUT2D eigenvalue weighted by molar-refractivity contribution is 0.0938. The third kappa shape index (κ3) is 2.34. The predicted octanol–water partition coefficient (Wildman–Crippen LogP) is 3.30. The number of benzene rings is 2. The van der Waals surface area contributed by atoms with Crippen LogP contribution < -0.4 is 15.5 Å². The molecule has 1 aromatic heterocycles. The van der Waals surface area contributed by atoms with E-state index in [1.807, 2.05) is 0 Å². The van der Waals surface area contributed by atoms with Gasteiger partial charge in [-0.1, -0.05) is 17.7 Å². The molecule has 1 aliphatic heterocycles. The van der Waals surface area contributed by atoms with Crippen molar-refractivity contribution in [3.63, 3.8) is 0 Å². The highest BCUT2D eigenvalue weighted by molar-refractivity contribution is 6.32. The first kappa shape index (κ1) is 16.5. The Morgan fingerprint density at radius 2 is 2.00 bits per heavy atom. The van der Waals surface area contributed by atoms with E-state index in [1.165, 1.54) is 13.2 Å². The molecule has 1 amide bonds. The van der Waals surface area contributed by atoms with Crippen LogP contribution in [0.15, 0.2) is 39.5 Å². The quantitative estimate of drug-likeness (QED) is 0.721. The van der Waals surface area contributed by atoms with E-state index in [-0.39, 0.29) is 28.3 Å². The number of hydrogen-bond donors (Lipinski definition) is 2. The summed E-state index contributed by atoms with van der Waals surface area (Å²) >= 11 is 6.14. The van der Waals surface area contributed by atoms with Gasteiger partial charge in [-0.2, -0.15) is 0 Å². The molecule has 2 N–H and O–H groups in total. The van der Waals surface area contributed by atoms with Crippen molar-refractivity contribution in [1.82, 2.24) is 5.32 Å². The number of phenols is 1. The number of hydrogen-bond acceptors (Lipinski definition) is 5. The molecule has 0 saturated heterocycles. The Kier molecular flexibility index (Phi) is 3.66. The molecule has 0 fully saturated rings. The Morgan fingerprint density at radius 3 is 2.73 bits per heavy atom. The van der Waals surface area contributed by atoms with Crippen molar-refractivity contribution >= 4 is 28.5 Å². The first-order valence-electron chi connectivity index (χ1n) is 7.85. The van der Waals surface area contributed by atoms with E-state index in [0.29, 0.717) is 21.6 Å². The monoisotopic (exact) mass is 371 g/mol. The van der Waals surface area contributed by atoms with Crippen molar-refractivity contribution in [2.24, 2.45) is 0 Å². The van der Waals surface area contributed by atoms with Gasteiger partial charge in [-0.3, -0.25) is 9.59 Å². The number of aryl methyl sites for hydroxylation is 1. The number of ether oxygens (including phenoxy) is 1. The average Bonchev–Trinajstić information content (AvgIpc) is 2.94. The predicted molar refractivity (Wildman–Crippen MR) is 96.2 cm³/mol. The van der Waals surface area contributed by atoms with Crippen LogP contribution in [0.1, 0.15) is 33.3 Å². The smallest absolute Gasteiger partial charge is 0.288 e. The summed E-state index contributed by atoms with van der Waals surface area (Å²) in [7, 11) is 1.42. The van der Waals surface area contributed by atoms with E-state index < -0.39 is 11.9 Å². The number of amides is 1. The molecule has 1 unspecified atom stereocenters. The molecule has 26 heavy (non-hydrogen) atoms.